The number of phenolic OH excluding ortho intramolecular Hbond substituents is 1. The molecule has 0 heterocycles. The van der Waals surface area contributed by atoms with Crippen molar-refractivity contribution in [1.82, 2.24) is 5.32 Å². The second-order valence-electron chi connectivity index (χ2n) is 4.99. The zero-order valence-electron chi connectivity index (χ0n) is 12.7. The predicted molar refractivity (Wildman–Crippen MR) is 87.4 cm³/mol. The summed E-state index contributed by atoms with van der Waals surface area (Å²) in [6, 6.07) is 9.11. The maximum Gasteiger partial charge on any atom is 0.162 e. The van der Waals surface area contributed by atoms with E-state index in [1.54, 1.807) is 24.3 Å². The lowest BCUT2D eigenvalue weighted by Crippen LogP contribution is -2.24. The van der Waals surface area contributed by atoms with Crippen LogP contribution in [0.1, 0.15) is 24.1 Å². The lowest BCUT2D eigenvalue weighted by Gasteiger charge is -2.18. The van der Waals surface area contributed by atoms with Crippen LogP contribution < -0.4 is 10.1 Å². The minimum Gasteiger partial charge on any atom is -0.504 e. The molecule has 0 aliphatic carbocycles. The molecule has 0 aromatic heterocycles. The summed E-state index contributed by atoms with van der Waals surface area (Å²) in [6.07, 6.45) is 0. The Hall–Kier alpha value is -1.82. The second-order valence-corrected chi connectivity index (χ2v) is 5.39. The Morgan fingerprint density at radius 2 is 2.09 bits per heavy atom. The number of aliphatic hydroxyl groups is 1. The van der Waals surface area contributed by atoms with Gasteiger partial charge in [-0.15, -0.1) is 0 Å². The second kappa shape index (κ2) is 8.15. The van der Waals surface area contributed by atoms with Gasteiger partial charge >= 0.3 is 0 Å². The van der Waals surface area contributed by atoms with E-state index in [9.17, 15) is 14.6 Å². The van der Waals surface area contributed by atoms with Crippen molar-refractivity contribution in [1.29, 1.82) is 0 Å². The van der Waals surface area contributed by atoms with Crippen molar-refractivity contribution in [3.8, 4) is 11.5 Å². The minimum absolute atomic E-state index is 0.0347. The Morgan fingerprint density at radius 3 is 2.74 bits per heavy atom. The number of hydrogen-bond donors (Lipinski definition) is 3. The molecule has 6 heteroatoms. The summed E-state index contributed by atoms with van der Waals surface area (Å²) >= 11 is 5.66. The van der Waals surface area contributed by atoms with Gasteiger partial charge in [0, 0.05) is 12.1 Å². The molecule has 2 aromatic rings. The molecule has 23 heavy (non-hydrogen) atoms. The Labute approximate surface area is 139 Å². The zero-order chi connectivity index (χ0) is 16.8. The fourth-order valence-corrected chi connectivity index (χ4v) is 2.35. The van der Waals surface area contributed by atoms with E-state index in [1.807, 2.05) is 6.92 Å². The molecule has 0 spiro atoms. The first-order valence-electron chi connectivity index (χ1n) is 7.29. The van der Waals surface area contributed by atoms with Gasteiger partial charge in [-0.25, -0.2) is 4.39 Å². The summed E-state index contributed by atoms with van der Waals surface area (Å²) in [7, 11) is 0. The molecule has 1 atom stereocenters. The highest BCUT2D eigenvalue weighted by atomic mass is 35.5. The van der Waals surface area contributed by atoms with E-state index in [0.717, 1.165) is 0 Å². The van der Waals surface area contributed by atoms with Crippen molar-refractivity contribution < 1.29 is 19.3 Å². The van der Waals surface area contributed by atoms with Gasteiger partial charge in [0.1, 0.15) is 5.82 Å². The molecular formula is C17H19ClFNO3. The molecule has 0 bridgehead atoms. The molecule has 0 amide bonds. The smallest absolute Gasteiger partial charge is 0.162 e. The molecule has 3 N–H and O–H groups in total. The molecule has 124 valence electrons. The van der Waals surface area contributed by atoms with E-state index in [-0.39, 0.29) is 17.4 Å². The van der Waals surface area contributed by atoms with Crippen LogP contribution >= 0.6 is 11.6 Å². The van der Waals surface area contributed by atoms with E-state index in [1.165, 1.54) is 12.1 Å². The van der Waals surface area contributed by atoms with Crippen molar-refractivity contribution in [3.05, 3.63) is 58.4 Å². The Morgan fingerprint density at radius 1 is 1.30 bits per heavy atom. The van der Waals surface area contributed by atoms with Gasteiger partial charge in [-0.1, -0.05) is 29.8 Å². The summed E-state index contributed by atoms with van der Waals surface area (Å²) < 4.78 is 18.9. The summed E-state index contributed by atoms with van der Waals surface area (Å²) in [6.45, 7) is 2.37. The van der Waals surface area contributed by atoms with Gasteiger partial charge < -0.3 is 20.3 Å². The average molecular weight is 340 g/mol. The SMILES string of the molecule is CCOc1cccc(CNC(CO)c2ccc(Cl)c(F)c2)c1O. The summed E-state index contributed by atoms with van der Waals surface area (Å²) in [5, 5.41) is 22.8. The third-order valence-corrected chi connectivity index (χ3v) is 3.76. The standard InChI is InChI=1S/C17H19ClFNO3/c1-2-23-16-5-3-4-12(17(16)22)9-20-15(10-21)11-6-7-13(18)14(19)8-11/h3-8,15,20-22H,2,9-10H2,1H3. The lowest BCUT2D eigenvalue weighted by atomic mass is 10.1. The molecule has 0 aliphatic heterocycles. The number of nitrogens with one attached hydrogen (secondary N) is 1. The fraction of sp³-hybridized carbons (Fsp3) is 0.294. The number of rotatable bonds is 7. The van der Waals surface area contributed by atoms with E-state index < -0.39 is 11.9 Å². The van der Waals surface area contributed by atoms with Gasteiger partial charge in [-0.3, -0.25) is 0 Å². The zero-order valence-corrected chi connectivity index (χ0v) is 13.5. The minimum atomic E-state index is -0.536. The van der Waals surface area contributed by atoms with Gasteiger partial charge in [-0.2, -0.15) is 0 Å². The van der Waals surface area contributed by atoms with Crippen LogP contribution in [0.25, 0.3) is 0 Å². The molecule has 0 fully saturated rings. The van der Waals surface area contributed by atoms with Crippen LogP contribution in [-0.4, -0.2) is 23.4 Å². The maximum atomic E-state index is 13.5. The quantitative estimate of drug-likeness (QED) is 0.723. The first-order valence-corrected chi connectivity index (χ1v) is 7.67. The molecule has 4 nitrogen and oxygen atoms in total. The monoisotopic (exact) mass is 339 g/mol. The maximum absolute atomic E-state index is 13.5. The number of hydrogen-bond acceptors (Lipinski definition) is 4. The van der Waals surface area contributed by atoms with Gasteiger partial charge in [-0.05, 0) is 30.7 Å². The molecule has 1 unspecified atom stereocenters. The Kier molecular flexibility index (Phi) is 6.21. The Balaban J connectivity index is 2.11. The van der Waals surface area contributed by atoms with Gasteiger partial charge in [0.2, 0.25) is 0 Å². The highest BCUT2D eigenvalue weighted by molar-refractivity contribution is 6.30. The third-order valence-electron chi connectivity index (χ3n) is 3.45. The average Bonchev–Trinajstić information content (AvgIpc) is 2.54. The highest BCUT2D eigenvalue weighted by Gasteiger charge is 2.14. The number of halogens is 2. The summed E-state index contributed by atoms with van der Waals surface area (Å²) in [5.74, 6) is -0.0729. The number of para-hydroxylation sites is 1. The van der Waals surface area contributed by atoms with Crippen LogP contribution in [-0.2, 0) is 6.54 Å². The van der Waals surface area contributed by atoms with Gasteiger partial charge in [0.05, 0.1) is 24.3 Å². The predicted octanol–water partition coefficient (Wildman–Crippen LogP) is 3.41. The van der Waals surface area contributed by atoms with E-state index >= 15 is 0 Å². The number of phenols is 1. The molecular weight excluding hydrogens is 321 g/mol. The van der Waals surface area contributed by atoms with Crippen LogP contribution in [0, 0.1) is 5.82 Å². The number of aliphatic hydroxyl groups excluding tert-OH is 1. The number of benzene rings is 2. The van der Waals surface area contributed by atoms with Gasteiger partial charge in [0.25, 0.3) is 0 Å². The van der Waals surface area contributed by atoms with E-state index in [4.69, 9.17) is 16.3 Å². The van der Waals surface area contributed by atoms with Crippen LogP contribution in [0.3, 0.4) is 0 Å². The molecule has 2 rings (SSSR count). The third kappa shape index (κ3) is 4.34. The van der Waals surface area contributed by atoms with Crippen molar-refractivity contribution in [2.75, 3.05) is 13.2 Å². The highest BCUT2D eigenvalue weighted by Crippen LogP contribution is 2.30. The summed E-state index contributed by atoms with van der Waals surface area (Å²) in [5.41, 5.74) is 1.21. The van der Waals surface area contributed by atoms with Crippen LogP contribution in [0.15, 0.2) is 36.4 Å². The summed E-state index contributed by atoms with van der Waals surface area (Å²) in [4.78, 5) is 0. The van der Waals surface area contributed by atoms with Crippen molar-refractivity contribution in [3.63, 3.8) is 0 Å². The molecule has 2 aromatic carbocycles. The normalized spacial score (nSPS) is 12.2. The number of ether oxygens (including phenoxy) is 1. The van der Waals surface area contributed by atoms with Crippen molar-refractivity contribution in [2.24, 2.45) is 0 Å². The molecule has 0 aliphatic rings. The van der Waals surface area contributed by atoms with Crippen LogP contribution in [0.4, 0.5) is 4.39 Å². The first kappa shape index (κ1) is 17.5. The largest absolute Gasteiger partial charge is 0.504 e. The topological polar surface area (TPSA) is 61.7 Å². The van der Waals surface area contributed by atoms with E-state index in [0.29, 0.717) is 30.0 Å². The van der Waals surface area contributed by atoms with Crippen molar-refractivity contribution >= 4 is 11.6 Å². The molecule has 0 saturated carbocycles. The molecule has 0 radical (unpaired) electrons. The van der Waals surface area contributed by atoms with Crippen molar-refractivity contribution in [2.45, 2.75) is 19.5 Å². The van der Waals surface area contributed by atoms with Gasteiger partial charge in [0.15, 0.2) is 11.5 Å². The van der Waals surface area contributed by atoms with Crippen LogP contribution in [0.5, 0.6) is 11.5 Å². The number of aromatic hydroxyl groups is 1. The fourth-order valence-electron chi connectivity index (χ4n) is 2.23. The van der Waals surface area contributed by atoms with Crippen LogP contribution in [0.2, 0.25) is 5.02 Å². The lowest BCUT2D eigenvalue weighted by molar-refractivity contribution is 0.242. The Bertz CT molecular complexity index is 666. The van der Waals surface area contributed by atoms with E-state index in [2.05, 4.69) is 5.32 Å². The molecule has 0 saturated heterocycles. The first-order chi connectivity index (χ1) is 11.1.